The highest BCUT2D eigenvalue weighted by molar-refractivity contribution is 14.1. The van der Waals surface area contributed by atoms with Crippen LogP contribution in [0.3, 0.4) is 0 Å². The standard InChI is InChI=1S/C14H15ClIN3O2S/c1-8-9(7-22(2,20)21)6-19(8)14-11-4-17-13(15)3-10(11)12(16)5-18-14/h3-5,8-9H,6-7H2,1-2H3/t8-,9-/m1/s1. The van der Waals surface area contributed by atoms with Gasteiger partial charge in [-0.15, -0.1) is 0 Å². The van der Waals surface area contributed by atoms with Crippen LogP contribution < -0.4 is 4.90 Å². The minimum Gasteiger partial charge on any atom is -0.353 e. The quantitative estimate of drug-likeness (QED) is 0.530. The van der Waals surface area contributed by atoms with E-state index in [9.17, 15) is 8.42 Å². The van der Waals surface area contributed by atoms with Gasteiger partial charge in [0.2, 0.25) is 0 Å². The lowest BCUT2D eigenvalue weighted by atomic mass is 9.91. The molecule has 2 aromatic rings. The Kier molecular flexibility index (Phi) is 4.24. The molecule has 0 saturated carbocycles. The van der Waals surface area contributed by atoms with Crippen LogP contribution in [0, 0.1) is 9.49 Å². The van der Waals surface area contributed by atoms with E-state index in [4.69, 9.17) is 11.6 Å². The first-order valence-corrected chi connectivity index (χ1v) is 10.3. The summed E-state index contributed by atoms with van der Waals surface area (Å²) < 4.78 is 23.9. The van der Waals surface area contributed by atoms with Crippen LogP contribution in [0.25, 0.3) is 10.8 Å². The number of rotatable bonds is 3. The molecule has 0 aromatic carbocycles. The monoisotopic (exact) mass is 451 g/mol. The van der Waals surface area contributed by atoms with Gasteiger partial charge in [-0.05, 0) is 35.6 Å². The molecule has 5 nitrogen and oxygen atoms in total. The van der Waals surface area contributed by atoms with E-state index in [2.05, 4.69) is 37.5 Å². The fraction of sp³-hybridized carbons (Fsp3) is 0.429. The number of pyridine rings is 2. The van der Waals surface area contributed by atoms with E-state index in [-0.39, 0.29) is 17.7 Å². The summed E-state index contributed by atoms with van der Waals surface area (Å²) >= 11 is 8.21. The molecule has 3 heterocycles. The summed E-state index contributed by atoms with van der Waals surface area (Å²) in [5.74, 6) is 1.21. The zero-order valence-corrected chi connectivity index (χ0v) is 15.9. The van der Waals surface area contributed by atoms with Gasteiger partial charge in [0.25, 0.3) is 0 Å². The zero-order valence-electron chi connectivity index (χ0n) is 12.1. The molecule has 3 rings (SSSR count). The molecule has 1 fully saturated rings. The first-order valence-electron chi connectivity index (χ1n) is 6.80. The minimum absolute atomic E-state index is 0.140. The topological polar surface area (TPSA) is 63.2 Å². The summed E-state index contributed by atoms with van der Waals surface area (Å²) in [6.07, 6.45) is 4.83. The first-order chi connectivity index (χ1) is 10.3. The highest BCUT2D eigenvalue weighted by atomic mass is 127. The van der Waals surface area contributed by atoms with Gasteiger partial charge in [0.05, 0.1) is 5.75 Å². The Labute approximate surface area is 148 Å². The van der Waals surface area contributed by atoms with Gasteiger partial charge in [0.1, 0.15) is 20.8 Å². The molecule has 0 bridgehead atoms. The third kappa shape index (κ3) is 3.03. The fourth-order valence-electron chi connectivity index (χ4n) is 2.84. The van der Waals surface area contributed by atoms with Crippen molar-refractivity contribution in [1.29, 1.82) is 0 Å². The van der Waals surface area contributed by atoms with Crippen LogP contribution in [0.15, 0.2) is 18.5 Å². The van der Waals surface area contributed by atoms with E-state index < -0.39 is 9.84 Å². The van der Waals surface area contributed by atoms with Gasteiger partial charge >= 0.3 is 0 Å². The molecular weight excluding hydrogens is 437 g/mol. The van der Waals surface area contributed by atoms with E-state index in [1.54, 1.807) is 6.20 Å². The van der Waals surface area contributed by atoms with Gasteiger partial charge in [-0.25, -0.2) is 18.4 Å². The van der Waals surface area contributed by atoms with Gasteiger partial charge < -0.3 is 4.90 Å². The highest BCUT2D eigenvalue weighted by Gasteiger charge is 2.38. The van der Waals surface area contributed by atoms with E-state index in [1.165, 1.54) is 6.26 Å². The molecule has 0 N–H and O–H groups in total. The van der Waals surface area contributed by atoms with E-state index in [0.29, 0.717) is 11.7 Å². The van der Waals surface area contributed by atoms with E-state index in [0.717, 1.165) is 20.2 Å². The normalized spacial score (nSPS) is 21.9. The van der Waals surface area contributed by atoms with Crippen LogP contribution >= 0.6 is 34.2 Å². The van der Waals surface area contributed by atoms with Gasteiger partial charge in [-0.1, -0.05) is 11.6 Å². The SMILES string of the molecule is C[C@@H]1[C@@H](CS(C)(=O)=O)CN1c1ncc(I)c2cc(Cl)ncc12. The Hall–Kier alpha value is -0.670. The van der Waals surface area contributed by atoms with Crippen LogP contribution in [-0.2, 0) is 9.84 Å². The van der Waals surface area contributed by atoms with Crippen molar-refractivity contribution in [2.24, 2.45) is 5.92 Å². The molecule has 2 atom stereocenters. The lowest BCUT2D eigenvalue weighted by molar-refractivity contribution is 0.339. The number of aromatic nitrogens is 2. The number of hydrogen-bond donors (Lipinski definition) is 0. The molecule has 0 spiro atoms. The van der Waals surface area contributed by atoms with E-state index >= 15 is 0 Å². The Balaban J connectivity index is 1.94. The van der Waals surface area contributed by atoms with Crippen LogP contribution in [0.4, 0.5) is 5.82 Å². The molecule has 1 aliphatic rings. The molecule has 1 saturated heterocycles. The predicted octanol–water partition coefficient (Wildman–Crippen LogP) is 2.76. The van der Waals surface area contributed by atoms with Gasteiger partial charge in [0.15, 0.2) is 0 Å². The number of anilines is 1. The van der Waals surface area contributed by atoms with Crippen LogP contribution in [0.5, 0.6) is 0 Å². The van der Waals surface area contributed by atoms with Crippen molar-refractivity contribution in [3.8, 4) is 0 Å². The molecule has 8 heteroatoms. The second kappa shape index (κ2) is 5.76. The zero-order chi connectivity index (χ0) is 16.1. The lowest BCUT2D eigenvalue weighted by Crippen LogP contribution is -2.57. The highest BCUT2D eigenvalue weighted by Crippen LogP contribution is 2.36. The second-order valence-corrected chi connectivity index (χ2v) is 9.46. The minimum atomic E-state index is -2.96. The van der Waals surface area contributed by atoms with Crippen LogP contribution in [-0.4, -0.2) is 43.0 Å². The summed E-state index contributed by atoms with van der Waals surface area (Å²) in [7, 11) is -2.96. The summed E-state index contributed by atoms with van der Waals surface area (Å²) in [6, 6.07) is 1.98. The summed E-state index contributed by atoms with van der Waals surface area (Å²) in [5, 5.41) is 2.42. The van der Waals surface area contributed by atoms with Crippen molar-refractivity contribution in [2.45, 2.75) is 13.0 Å². The molecule has 118 valence electrons. The number of halogens is 2. The molecule has 0 amide bonds. The number of nitrogens with zero attached hydrogens (tertiary/aromatic N) is 3. The van der Waals surface area contributed by atoms with Crippen molar-refractivity contribution in [1.82, 2.24) is 9.97 Å². The molecule has 22 heavy (non-hydrogen) atoms. The molecule has 0 radical (unpaired) electrons. The van der Waals surface area contributed by atoms with Crippen LogP contribution in [0.2, 0.25) is 5.15 Å². The van der Waals surface area contributed by atoms with Crippen molar-refractivity contribution in [2.75, 3.05) is 23.5 Å². The average molecular weight is 452 g/mol. The van der Waals surface area contributed by atoms with Crippen molar-refractivity contribution in [3.05, 3.63) is 27.2 Å². The average Bonchev–Trinajstić information content (AvgIpc) is 2.43. The number of fused-ring (bicyclic) bond motifs is 1. The maximum atomic E-state index is 11.5. The molecule has 0 unspecified atom stereocenters. The summed E-state index contributed by atoms with van der Waals surface area (Å²) in [6.45, 7) is 2.73. The Morgan fingerprint density at radius 1 is 1.36 bits per heavy atom. The van der Waals surface area contributed by atoms with Crippen molar-refractivity contribution < 1.29 is 8.42 Å². The summed E-state index contributed by atoms with van der Waals surface area (Å²) in [4.78, 5) is 10.8. The molecule has 1 aliphatic heterocycles. The largest absolute Gasteiger partial charge is 0.353 e. The first kappa shape index (κ1) is 16.2. The second-order valence-electron chi connectivity index (χ2n) is 5.73. The Morgan fingerprint density at radius 2 is 2.09 bits per heavy atom. The smallest absolute Gasteiger partial charge is 0.147 e. The molecule has 0 aliphatic carbocycles. The predicted molar refractivity (Wildman–Crippen MR) is 97.3 cm³/mol. The van der Waals surface area contributed by atoms with Crippen LogP contribution in [0.1, 0.15) is 6.92 Å². The van der Waals surface area contributed by atoms with Crippen molar-refractivity contribution in [3.63, 3.8) is 0 Å². The maximum absolute atomic E-state index is 11.5. The van der Waals surface area contributed by atoms with Gasteiger partial charge in [-0.3, -0.25) is 0 Å². The third-order valence-corrected chi connectivity index (χ3v) is 6.16. The number of hydrogen-bond acceptors (Lipinski definition) is 5. The maximum Gasteiger partial charge on any atom is 0.147 e. The molecular formula is C14H15ClIN3O2S. The third-order valence-electron chi connectivity index (χ3n) is 4.06. The van der Waals surface area contributed by atoms with Gasteiger partial charge in [0, 0.05) is 51.5 Å². The Bertz CT molecular complexity index is 843. The molecule has 2 aromatic heterocycles. The fourth-order valence-corrected chi connectivity index (χ4v) is 4.74. The number of sulfone groups is 1. The Morgan fingerprint density at radius 3 is 2.73 bits per heavy atom. The van der Waals surface area contributed by atoms with E-state index in [1.807, 2.05) is 19.2 Å². The van der Waals surface area contributed by atoms with Gasteiger partial charge in [-0.2, -0.15) is 0 Å². The summed E-state index contributed by atoms with van der Waals surface area (Å²) in [5.41, 5.74) is 0. The van der Waals surface area contributed by atoms with Crippen molar-refractivity contribution >= 4 is 60.6 Å². The lowest BCUT2D eigenvalue weighted by Gasteiger charge is -2.47.